The number of aliphatic hydroxyl groups is 2. The molecular weight excluding hydrogens is 248 g/mol. The highest BCUT2D eigenvalue weighted by Crippen LogP contribution is 2.62. The quantitative estimate of drug-likeness (QED) is 0.709. The van der Waals surface area contributed by atoms with E-state index in [9.17, 15) is 10.2 Å². The van der Waals surface area contributed by atoms with Crippen LogP contribution in [0.1, 0.15) is 72.6 Å². The second kappa shape index (κ2) is 4.46. The molecule has 2 N–H and O–H groups in total. The van der Waals surface area contributed by atoms with E-state index in [0.717, 1.165) is 31.6 Å². The van der Waals surface area contributed by atoms with Gasteiger partial charge in [-0.25, -0.2) is 0 Å². The van der Waals surface area contributed by atoms with Crippen molar-refractivity contribution in [1.82, 2.24) is 0 Å². The van der Waals surface area contributed by atoms with Crippen molar-refractivity contribution in [3.05, 3.63) is 0 Å². The van der Waals surface area contributed by atoms with Gasteiger partial charge in [-0.15, -0.1) is 0 Å². The summed E-state index contributed by atoms with van der Waals surface area (Å²) in [6.45, 7) is 8.92. The predicted molar refractivity (Wildman–Crippen MR) is 81.3 cm³/mol. The van der Waals surface area contributed by atoms with Crippen molar-refractivity contribution < 1.29 is 10.2 Å². The minimum atomic E-state index is -0.455. The molecular formula is C18H32O2. The van der Waals surface area contributed by atoms with Gasteiger partial charge < -0.3 is 10.2 Å². The smallest absolute Gasteiger partial charge is 0.0622 e. The highest BCUT2D eigenvalue weighted by atomic mass is 16.3. The van der Waals surface area contributed by atoms with Gasteiger partial charge in [0.25, 0.3) is 0 Å². The molecule has 3 aliphatic carbocycles. The molecule has 2 heteroatoms. The summed E-state index contributed by atoms with van der Waals surface area (Å²) in [4.78, 5) is 0. The lowest BCUT2D eigenvalue weighted by atomic mass is 9.46. The molecule has 0 radical (unpaired) electrons. The summed E-state index contributed by atoms with van der Waals surface area (Å²) in [5.41, 5.74) is -0.0171. The molecule has 0 aromatic heterocycles. The molecule has 0 aromatic carbocycles. The first-order valence-electron chi connectivity index (χ1n) is 8.54. The van der Waals surface area contributed by atoms with E-state index in [4.69, 9.17) is 0 Å². The first kappa shape index (κ1) is 14.8. The lowest BCUT2D eigenvalue weighted by Gasteiger charge is -2.60. The molecule has 3 saturated carbocycles. The molecule has 0 spiro atoms. The Hall–Kier alpha value is -0.0800. The maximum Gasteiger partial charge on any atom is 0.0622 e. The molecule has 0 saturated heterocycles. The van der Waals surface area contributed by atoms with Crippen LogP contribution < -0.4 is 0 Å². The standard InChI is InChI=1S/C18H32O2/c1-16(2)10-12-5-6-13-11-17(3,20)7-8-18(13,4)14(12)9-15(16)19/h12-15,19-20H,5-11H2,1-4H3/t12-,13-,14-,15+,17+,18-/m0/s1. The molecule has 3 rings (SSSR count). The molecule has 0 unspecified atom stereocenters. The Bertz CT molecular complexity index is 387. The fourth-order valence-corrected chi connectivity index (χ4v) is 5.76. The molecule has 2 nitrogen and oxygen atoms in total. The number of rotatable bonds is 0. The summed E-state index contributed by atoms with van der Waals surface area (Å²) < 4.78 is 0. The van der Waals surface area contributed by atoms with Crippen LogP contribution in [-0.2, 0) is 0 Å². The molecule has 0 aromatic rings. The molecule has 116 valence electrons. The van der Waals surface area contributed by atoms with Crippen LogP contribution in [0, 0.1) is 28.6 Å². The Labute approximate surface area is 124 Å². The van der Waals surface area contributed by atoms with E-state index in [2.05, 4.69) is 20.8 Å². The SMILES string of the molecule is CC1(C)C[C@@H]2CC[C@H]3C[C@](C)(O)CC[C@]3(C)[C@H]2C[C@H]1O. The fourth-order valence-electron chi connectivity index (χ4n) is 5.76. The highest BCUT2D eigenvalue weighted by Gasteiger charge is 2.56. The maximum absolute atomic E-state index is 10.5. The van der Waals surface area contributed by atoms with Crippen LogP contribution >= 0.6 is 0 Å². The third-order valence-corrected chi connectivity index (χ3v) is 7.29. The predicted octanol–water partition coefficient (Wildman–Crippen LogP) is 3.75. The van der Waals surface area contributed by atoms with Crippen molar-refractivity contribution >= 4 is 0 Å². The van der Waals surface area contributed by atoms with Gasteiger partial charge in [-0.05, 0) is 80.5 Å². The summed E-state index contributed by atoms with van der Waals surface area (Å²) in [6.07, 6.45) is 7.62. The minimum absolute atomic E-state index is 0.0878. The Morgan fingerprint density at radius 2 is 1.65 bits per heavy atom. The van der Waals surface area contributed by atoms with E-state index in [1.165, 1.54) is 19.3 Å². The van der Waals surface area contributed by atoms with E-state index in [0.29, 0.717) is 17.3 Å². The van der Waals surface area contributed by atoms with Gasteiger partial charge in [0.2, 0.25) is 0 Å². The fraction of sp³-hybridized carbons (Fsp3) is 1.00. The maximum atomic E-state index is 10.5. The third kappa shape index (κ3) is 2.23. The average Bonchev–Trinajstić information content (AvgIpc) is 2.33. The zero-order chi connectivity index (χ0) is 14.8. The monoisotopic (exact) mass is 280 g/mol. The summed E-state index contributed by atoms with van der Waals surface area (Å²) >= 11 is 0. The van der Waals surface area contributed by atoms with Crippen molar-refractivity contribution in [2.45, 2.75) is 84.3 Å². The first-order chi connectivity index (χ1) is 9.14. The second-order valence-corrected chi connectivity index (χ2v) is 9.29. The van der Waals surface area contributed by atoms with E-state index in [1.807, 2.05) is 6.92 Å². The van der Waals surface area contributed by atoms with E-state index in [-0.39, 0.29) is 11.5 Å². The largest absolute Gasteiger partial charge is 0.393 e. The van der Waals surface area contributed by atoms with Gasteiger partial charge in [0, 0.05) is 0 Å². The molecule has 0 amide bonds. The van der Waals surface area contributed by atoms with Gasteiger partial charge in [0.15, 0.2) is 0 Å². The first-order valence-corrected chi connectivity index (χ1v) is 8.54. The van der Waals surface area contributed by atoms with E-state index >= 15 is 0 Å². The van der Waals surface area contributed by atoms with Gasteiger partial charge in [-0.1, -0.05) is 20.8 Å². The molecule has 0 heterocycles. The summed E-state index contributed by atoms with van der Waals surface area (Å²) in [5.74, 6) is 2.11. The summed E-state index contributed by atoms with van der Waals surface area (Å²) in [5, 5.41) is 20.9. The Kier molecular flexibility index (Phi) is 3.31. The van der Waals surface area contributed by atoms with Crippen LogP contribution in [-0.4, -0.2) is 21.9 Å². The van der Waals surface area contributed by atoms with Crippen LogP contribution in [0.3, 0.4) is 0 Å². The number of hydrogen-bond donors (Lipinski definition) is 2. The normalized spacial score (nSPS) is 54.9. The van der Waals surface area contributed by atoms with Crippen LogP contribution in [0.4, 0.5) is 0 Å². The molecule has 6 atom stereocenters. The van der Waals surface area contributed by atoms with E-state index in [1.54, 1.807) is 0 Å². The number of hydrogen-bond acceptors (Lipinski definition) is 2. The van der Waals surface area contributed by atoms with Crippen molar-refractivity contribution in [1.29, 1.82) is 0 Å². The van der Waals surface area contributed by atoms with Crippen LogP contribution in [0.5, 0.6) is 0 Å². The Morgan fingerprint density at radius 1 is 0.950 bits per heavy atom. The Balaban J connectivity index is 1.84. The highest BCUT2D eigenvalue weighted by molar-refractivity contribution is 5.06. The van der Waals surface area contributed by atoms with Crippen LogP contribution in [0.25, 0.3) is 0 Å². The van der Waals surface area contributed by atoms with Gasteiger partial charge in [0.1, 0.15) is 0 Å². The zero-order valence-electron chi connectivity index (χ0n) is 13.7. The van der Waals surface area contributed by atoms with Crippen LogP contribution in [0.15, 0.2) is 0 Å². The summed E-state index contributed by atoms with van der Waals surface area (Å²) in [6, 6.07) is 0. The summed E-state index contributed by atoms with van der Waals surface area (Å²) in [7, 11) is 0. The molecule has 3 aliphatic rings. The number of fused-ring (bicyclic) bond motifs is 3. The van der Waals surface area contributed by atoms with Crippen molar-refractivity contribution in [3.63, 3.8) is 0 Å². The van der Waals surface area contributed by atoms with Crippen LogP contribution in [0.2, 0.25) is 0 Å². The second-order valence-electron chi connectivity index (χ2n) is 9.29. The Morgan fingerprint density at radius 3 is 2.35 bits per heavy atom. The molecule has 0 bridgehead atoms. The lowest BCUT2D eigenvalue weighted by Crippen LogP contribution is -2.55. The molecule has 20 heavy (non-hydrogen) atoms. The van der Waals surface area contributed by atoms with Gasteiger partial charge in [-0.2, -0.15) is 0 Å². The molecule has 3 fully saturated rings. The van der Waals surface area contributed by atoms with Gasteiger partial charge in [-0.3, -0.25) is 0 Å². The van der Waals surface area contributed by atoms with Crippen molar-refractivity contribution in [2.75, 3.05) is 0 Å². The lowest BCUT2D eigenvalue weighted by molar-refractivity contribution is -0.151. The minimum Gasteiger partial charge on any atom is -0.393 e. The number of aliphatic hydroxyl groups excluding tert-OH is 1. The topological polar surface area (TPSA) is 40.5 Å². The van der Waals surface area contributed by atoms with E-state index < -0.39 is 5.60 Å². The van der Waals surface area contributed by atoms with Crippen molar-refractivity contribution in [2.24, 2.45) is 28.6 Å². The zero-order valence-corrected chi connectivity index (χ0v) is 13.7. The third-order valence-electron chi connectivity index (χ3n) is 7.29. The van der Waals surface area contributed by atoms with Gasteiger partial charge in [0.05, 0.1) is 11.7 Å². The van der Waals surface area contributed by atoms with Gasteiger partial charge >= 0.3 is 0 Å². The van der Waals surface area contributed by atoms with Crippen molar-refractivity contribution in [3.8, 4) is 0 Å². The molecule has 0 aliphatic heterocycles. The average molecular weight is 280 g/mol.